The molecule has 0 aliphatic carbocycles. The van der Waals surface area contributed by atoms with Gasteiger partial charge < -0.3 is 10.5 Å². The molecule has 0 aromatic heterocycles. The van der Waals surface area contributed by atoms with Crippen LogP contribution in [0.15, 0.2) is 42.5 Å². The number of hydrogen-bond donors (Lipinski definition) is 1. The minimum absolute atomic E-state index is 0.0406. The van der Waals surface area contributed by atoms with Crippen molar-refractivity contribution in [3.63, 3.8) is 0 Å². The molecule has 0 radical (unpaired) electrons. The second kappa shape index (κ2) is 5.45. The van der Waals surface area contributed by atoms with Crippen molar-refractivity contribution in [1.82, 2.24) is 0 Å². The van der Waals surface area contributed by atoms with Crippen molar-refractivity contribution >= 4 is 5.69 Å². The van der Waals surface area contributed by atoms with Crippen LogP contribution in [0.3, 0.4) is 0 Å². The number of nitro benzene ring substituents is 1. The third kappa shape index (κ3) is 2.86. The van der Waals surface area contributed by atoms with Gasteiger partial charge in [-0.05, 0) is 18.2 Å². The summed E-state index contributed by atoms with van der Waals surface area (Å²) < 4.78 is 19.0. The van der Waals surface area contributed by atoms with Crippen molar-refractivity contribution in [2.75, 3.05) is 0 Å². The first-order valence-corrected chi connectivity index (χ1v) is 5.51. The molecule has 19 heavy (non-hydrogen) atoms. The van der Waals surface area contributed by atoms with Crippen LogP contribution in [0.2, 0.25) is 0 Å². The van der Waals surface area contributed by atoms with E-state index in [0.717, 1.165) is 0 Å². The molecular weight excluding hydrogens is 251 g/mol. The fraction of sp³-hybridized carbons (Fsp3) is 0.0769. The molecule has 2 aromatic rings. The van der Waals surface area contributed by atoms with Gasteiger partial charge in [-0.1, -0.05) is 12.1 Å². The number of nitro groups is 1. The van der Waals surface area contributed by atoms with Crippen molar-refractivity contribution in [1.29, 1.82) is 0 Å². The van der Waals surface area contributed by atoms with E-state index in [9.17, 15) is 14.5 Å². The molecule has 0 unspecified atom stereocenters. The molecule has 0 aliphatic heterocycles. The number of benzene rings is 2. The van der Waals surface area contributed by atoms with Crippen LogP contribution in [0.4, 0.5) is 10.1 Å². The summed E-state index contributed by atoms with van der Waals surface area (Å²) in [7, 11) is 0. The second-order valence-corrected chi connectivity index (χ2v) is 3.79. The predicted octanol–water partition coefficient (Wildman–Crippen LogP) is 2.98. The number of ether oxygens (including phenoxy) is 1. The molecule has 5 nitrogen and oxygen atoms in total. The highest BCUT2D eigenvalue weighted by atomic mass is 19.1. The zero-order valence-electron chi connectivity index (χ0n) is 9.88. The molecule has 6 heteroatoms. The summed E-state index contributed by atoms with van der Waals surface area (Å²) in [6, 6.07) is 9.86. The summed E-state index contributed by atoms with van der Waals surface area (Å²) >= 11 is 0. The molecule has 0 amide bonds. The normalized spacial score (nSPS) is 10.2. The molecule has 0 fully saturated rings. The van der Waals surface area contributed by atoms with Crippen molar-refractivity contribution in [3.05, 3.63) is 64.0 Å². The first-order chi connectivity index (χ1) is 9.11. The third-order valence-electron chi connectivity index (χ3n) is 2.54. The van der Waals surface area contributed by atoms with E-state index in [1.54, 1.807) is 12.1 Å². The highest BCUT2D eigenvalue weighted by Crippen LogP contribution is 2.29. The third-order valence-corrected chi connectivity index (χ3v) is 2.54. The van der Waals surface area contributed by atoms with E-state index < -0.39 is 10.7 Å². The fourth-order valence-corrected chi connectivity index (χ4v) is 1.58. The van der Waals surface area contributed by atoms with Crippen LogP contribution >= 0.6 is 0 Å². The van der Waals surface area contributed by atoms with Gasteiger partial charge in [-0.15, -0.1) is 0 Å². The molecule has 2 aromatic carbocycles. The van der Waals surface area contributed by atoms with Crippen molar-refractivity contribution in [2.45, 2.75) is 6.54 Å². The molecule has 0 saturated carbocycles. The van der Waals surface area contributed by atoms with Crippen molar-refractivity contribution < 1.29 is 14.1 Å². The monoisotopic (exact) mass is 262 g/mol. The Labute approximate surface area is 108 Å². The van der Waals surface area contributed by atoms with E-state index >= 15 is 0 Å². The van der Waals surface area contributed by atoms with Crippen LogP contribution in [-0.2, 0) is 6.54 Å². The molecule has 0 atom stereocenters. The Hall–Kier alpha value is -2.47. The van der Waals surface area contributed by atoms with Crippen LogP contribution < -0.4 is 10.5 Å². The van der Waals surface area contributed by atoms with Gasteiger partial charge in [0.05, 0.1) is 4.92 Å². The molecule has 0 saturated heterocycles. The lowest BCUT2D eigenvalue weighted by Crippen LogP contribution is -2.01. The minimum atomic E-state index is -0.527. The highest BCUT2D eigenvalue weighted by Gasteiger charge is 2.11. The lowest BCUT2D eigenvalue weighted by Gasteiger charge is -2.10. The molecule has 0 heterocycles. The van der Waals surface area contributed by atoms with E-state index in [2.05, 4.69) is 0 Å². The van der Waals surface area contributed by atoms with Crippen LogP contribution in [0.1, 0.15) is 5.56 Å². The van der Waals surface area contributed by atoms with Gasteiger partial charge in [-0.25, -0.2) is 4.39 Å². The Morgan fingerprint density at radius 2 is 1.89 bits per heavy atom. The first-order valence-electron chi connectivity index (χ1n) is 5.51. The number of nitrogens with two attached hydrogens (primary N) is 1. The Morgan fingerprint density at radius 3 is 2.47 bits per heavy atom. The summed E-state index contributed by atoms with van der Waals surface area (Å²) in [4.78, 5) is 10.00. The number of para-hydroxylation sites is 1. The molecule has 0 spiro atoms. The summed E-state index contributed by atoms with van der Waals surface area (Å²) in [5.74, 6) is -0.175. The number of non-ortho nitro benzene ring substituents is 1. The van der Waals surface area contributed by atoms with Gasteiger partial charge in [0.25, 0.3) is 5.69 Å². The van der Waals surface area contributed by atoms with Crippen molar-refractivity contribution in [2.24, 2.45) is 5.73 Å². The molecular formula is C13H11FN2O3. The zero-order chi connectivity index (χ0) is 13.8. The Morgan fingerprint density at radius 1 is 1.21 bits per heavy atom. The van der Waals surface area contributed by atoms with Crippen LogP contribution in [0, 0.1) is 15.9 Å². The number of hydrogen-bond acceptors (Lipinski definition) is 4. The SMILES string of the molecule is NCc1cccc(F)c1Oc1ccc([N+](=O)[O-])cc1. The zero-order valence-corrected chi connectivity index (χ0v) is 9.88. The number of nitrogens with zero attached hydrogens (tertiary/aromatic N) is 1. The van der Waals surface area contributed by atoms with E-state index in [1.807, 2.05) is 0 Å². The van der Waals surface area contributed by atoms with E-state index in [-0.39, 0.29) is 18.0 Å². The maximum absolute atomic E-state index is 13.6. The molecule has 0 aliphatic rings. The maximum atomic E-state index is 13.6. The van der Waals surface area contributed by atoms with E-state index in [4.69, 9.17) is 10.5 Å². The molecule has 2 rings (SSSR count). The van der Waals surface area contributed by atoms with Crippen LogP contribution in [-0.4, -0.2) is 4.92 Å². The van der Waals surface area contributed by atoms with Crippen LogP contribution in [0.25, 0.3) is 0 Å². The fourth-order valence-electron chi connectivity index (χ4n) is 1.58. The topological polar surface area (TPSA) is 78.4 Å². The van der Waals surface area contributed by atoms with Crippen LogP contribution in [0.5, 0.6) is 11.5 Å². The number of halogens is 1. The maximum Gasteiger partial charge on any atom is 0.269 e. The van der Waals surface area contributed by atoms with Gasteiger partial charge >= 0.3 is 0 Å². The second-order valence-electron chi connectivity index (χ2n) is 3.79. The summed E-state index contributed by atoms with van der Waals surface area (Å²) in [6.45, 7) is 0.139. The average molecular weight is 262 g/mol. The molecule has 0 bridgehead atoms. The van der Waals surface area contributed by atoms with Gasteiger partial charge in [0.15, 0.2) is 11.6 Å². The van der Waals surface area contributed by atoms with Gasteiger partial charge in [-0.2, -0.15) is 0 Å². The average Bonchev–Trinajstić information content (AvgIpc) is 2.41. The number of rotatable bonds is 4. The largest absolute Gasteiger partial charge is 0.454 e. The Bertz CT molecular complexity index is 599. The lowest BCUT2D eigenvalue weighted by atomic mass is 10.2. The lowest BCUT2D eigenvalue weighted by molar-refractivity contribution is -0.384. The quantitative estimate of drug-likeness (QED) is 0.678. The van der Waals surface area contributed by atoms with Gasteiger partial charge in [-0.3, -0.25) is 10.1 Å². The molecule has 98 valence electrons. The summed E-state index contributed by atoms with van der Waals surface area (Å²) in [5.41, 5.74) is 5.97. The van der Waals surface area contributed by atoms with E-state index in [0.29, 0.717) is 11.3 Å². The smallest absolute Gasteiger partial charge is 0.269 e. The highest BCUT2D eigenvalue weighted by molar-refractivity contribution is 5.41. The van der Waals surface area contributed by atoms with Crippen molar-refractivity contribution in [3.8, 4) is 11.5 Å². The standard InChI is InChI=1S/C13H11FN2O3/c14-12-3-1-2-9(8-15)13(12)19-11-6-4-10(5-7-11)16(17)18/h1-7H,8,15H2. The van der Waals surface area contributed by atoms with E-state index in [1.165, 1.54) is 30.3 Å². The van der Waals surface area contributed by atoms with Gasteiger partial charge in [0.2, 0.25) is 0 Å². The Kier molecular flexibility index (Phi) is 3.72. The Balaban J connectivity index is 2.28. The minimum Gasteiger partial charge on any atom is -0.454 e. The summed E-state index contributed by atoms with van der Waals surface area (Å²) in [6.07, 6.45) is 0. The molecule has 2 N–H and O–H groups in total. The summed E-state index contributed by atoms with van der Waals surface area (Å²) in [5, 5.41) is 10.5. The first kappa shape index (κ1) is 13.0. The van der Waals surface area contributed by atoms with Gasteiger partial charge in [0, 0.05) is 24.2 Å². The predicted molar refractivity (Wildman–Crippen MR) is 67.5 cm³/mol. The van der Waals surface area contributed by atoms with Gasteiger partial charge in [0.1, 0.15) is 5.75 Å².